The zero-order chi connectivity index (χ0) is 17.2. The van der Waals surface area contributed by atoms with Crippen LogP contribution < -0.4 is 4.90 Å². The predicted molar refractivity (Wildman–Crippen MR) is 99.3 cm³/mol. The monoisotopic (exact) mass is 371 g/mol. The molecule has 0 saturated heterocycles. The van der Waals surface area contributed by atoms with Crippen molar-refractivity contribution in [3.05, 3.63) is 47.2 Å². The Kier molecular flexibility index (Phi) is 4.54. The van der Waals surface area contributed by atoms with E-state index in [1.54, 1.807) is 23.6 Å². The normalized spacial score (nSPS) is 13.8. The third kappa shape index (κ3) is 3.74. The molecule has 1 aliphatic rings. The molecule has 3 aromatic rings. The first kappa shape index (κ1) is 16.3. The van der Waals surface area contributed by atoms with Gasteiger partial charge in [0, 0.05) is 24.0 Å². The molecule has 8 heteroatoms. The van der Waals surface area contributed by atoms with Gasteiger partial charge in [-0.25, -0.2) is 9.97 Å². The van der Waals surface area contributed by atoms with Crippen LogP contribution in [0.2, 0.25) is 0 Å². The van der Waals surface area contributed by atoms with Crippen molar-refractivity contribution >= 4 is 39.8 Å². The first-order valence-electron chi connectivity index (χ1n) is 8.06. The number of rotatable bonds is 6. The number of amides is 1. The molecule has 25 heavy (non-hydrogen) atoms. The van der Waals surface area contributed by atoms with Crippen LogP contribution in [0.4, 0.5) is 10.8 Å². The van der Waals surface area contributed by atoms with Gasteiger partial charge in [0.25, 0.3) is 0 Å². The van der Waals surface area contributed by atoms with E-state index in [-0.39, 0.29) is 5.91 Å². The number of hydrogen-bond donors (Lipinski definition) is 1. The van der Waals surface area contributed by atoms with Crippen molar-refractivity contribution in [2.24, 2.45) is 0 Å². The zero-order valence-electron chi connectivity index (χ0n) is 13.7. The highest BCUT2D eigenvalue weighted by Crippen LogP contribution is 2.38. The van der Waals surface area contributed by atoms with Gasteiger partial charge >= 0.3 is 0 Å². The molecule has 1 saturated carbocycles. The van der Waals surface area contributed by atoms with Gasteiger partial charge in [-0.15, -0.1) is 16.4 Å². The lowest BCUT2D eigenvalue weighted by Crippen LogP contribution is -2.22. The highest BCUT2D eigenvalue weighted by molar-refractivity contribution is 7.98. The lowest BCUT2D eigenvalue weighted by atomic mass is 10.3. The van der Waals surface area contributed by atoms with E-state index in [1.807, 2.05) is 35.7 Å². The van der Waals surface area contributed by atoms with E-state index in [0.717, 1.165) is 22.4 Å². The second-order valence-electron chi connectivity index (χ2n) is 5.88. The van der Waals surface area contributed by atoms with Crippen LogP contribution in [-0.2, 0) is 10.5 Å². The Morgan fingerprint density at radius 2 is 2.12 bits per heavy atom. The summed E-state index contributed by atoms with van der Waals surface area (Å²) >= 11 is 3.02. The summed E-state index contributed by atoms with van der Waals surface area (Å²) in [6.07, 6.45) is 2.41. The number of thioether (sulfide) groups is 1. The molecule has 2 heterocycles. The molecule has 0 aliphatic heterocycles. The summed E-state index contributed by atoms with van der Waals surface area (Å²) in [6.45, 7) is 1.55. The number of hydrogen-bond acceptors (Lipinski definition) is 6. The number of H-pyrrole nitrogens is 1. The predicted octanol–water partition coefficient (Wildman–Crippen LogP) is 4.12. The number of nitrogens with zero attached hydrogens (tertiary/aromatic N) is 4. The Morgan fingerprint density at radius 3 is 2.84 bits per heavy atom. The van der Waals surface area contributed by atoms with Crippen LogP contribution in [0.1, 0.15) is 37.2 Å². The molecule has 0 atom stereocenters. The molecule has 1 aromatic carbocycles. The smallest absolute Gasteiger partial charge is 0.230 e. The number of thiazole rings is 1. The molecule has 1 N–H and O–H groups in total. The fourth-order valence-corrected chi connectivity index (χ4v) is 4.16. The molecule has 0 unspecified atom stereocenters. The number of carbonyl (C=O) groups is 1. The third-order valence-corrected chi connectivity index (χ3v) is 5.61. The van der Waals surface area contributed by atoms with E-state index < -0.39 is 0 Å². The van der Waals surface area contributed by atoms with Crippen LogP contribution in [0.5, 0.6) is 0 Å². The average molecular weight is 371 g/mol. The number of nitrogens with one attached hydrogen (secondary N) is 1. The number of aromatic nitrogens is 4. The zero-order valence-corrected chi connectivity index (χ0v) is 15.3. The summed E-state index contributed by atoms with van der Waals surface area (Å²) < 4.78 is 0. The van der Waals surface area contributed by atoms with E-state index in [9.17, 15) is 4.79 Å². The maximum absolute atomic E-state index is 12.1. The fraction of sp³-hybridized carbons (Fsp3) is 0.294. The Bertz CT molecular complexity index is 872. The van der Waals surface area contributed by atoms with Gasteiger partial charge in [0.15, 0.2) is 5.13 Å². The van der Waals surface area contributed by atoms with Crippen LogP contribution in [0.15, 0.2) is 40.9 Å². The average Bonchev–Trinajstić information content (AvgIpc) is 3.17. The molecule has 0 radical (unpaired) electrons. The molecule has 1 amide bonds. The lowest BCUT2D eigenvalue weighted by Gasteiger charge is -2.17. The number of para-hydroxylation sites is 1. The van der Waals surface area contributed by atoms with Crippen molar-refractivity contribution in [2.45, 2.75) is 36.6 Å². The van der Waals surface area contributed by atoms with Gasteiger partial charge in [-0.05, 0) is 25.0 Å². The largest absolute Gasteiger partial charge is 0.274 e. The molecule has 0 spiro atoms. The van der Waals surface area contributed by atoms with E-state index in [0.29, 0.717) is 16.8 Å². The Hall–Kier alpha value is -2.19. The summed E-state index contributed by atoms with van der Waals surface area (Å²) in [6, 6.07) is 9.57. The van der Waals surface area contributed by atoms with Gasteiger partial charge < -0.3 is 0 Å². The topological polar surface area (TPSA) is 74.8 Å². The van der Waals surface area contributed by atoms with Gasteiger partial charge in [-0.2, -0.15) is 0 Å². The van der Waals surface area contributed by atoms with Crippen molar-refractivity contribution in [2.75, 3.05) is 4.90 Å². The molecule has 6 nitrogen and oxygen atoms in total. The standard InChI is InChI=1S/C17H17N5OS2/c1-11(23)22(14-5-3-2-4-6-14)17-18-13(10-25-17)9-24-16-19-15(20-21-16)12-7-8-12/h2-6,10,12H,7-9H2,1H3,(H,19,20,21). The molecular formula is C17H17N5OS2. The minimum atomic E-state index is -0.0530. The van der Waals surface area contributed by atoms with E-state index >= 15 is 0 Å². The van der Waals surface area contributed by atoms with Crippen LogP contribution in [-0.4, -0.2) is 26.1 Å². The van der Waals surface area contributed by atoms with Crippen molar-refractivity contribution in [3.63, 3.8) is 0 Å². The van der Waals surface area contributed by atoms with Crippen molar-refractivity contribution < 1.29 is 4.79 Å². The minimum Gasteiger partial charge on any atom is -0.274 e. The summed E-state index contributed by atoms with van der Waals surface area (Å²) in [7, 11) is 0. The second-order valence-corrected chi connectivity index (χ2v) is 7.66. The van der Waals surface area contributed by atoms with Crippen LogP contribution >= 0.6 is 23.1 Å². The van der Waals surface area contributed by atoms with Crippen molar-refractivity contribution in [1.82, 2.24) is 20.2 Å². The van der Waals surface area contributed by atoms with Crippen LogP contribution in [0, 0.1) is 0 Å². The number of anilines is 2. The SMILES string of the molecule is CC(=O)N(c1ccccc1)c1nc(CSc2n[nH]c(C3CC3)n2)cs1. The number of aromatic amines is 1. The van der Waals surface area contributed by atoms with Crippen molar-refractivity contribution in [1.29, 1.82) is 0 Å². The Morgan fingerprint density at radius 1 is 1.32 bits per heavy atom. The molecule has 1 aliphatic carbocycles. The molecule has 4 rings (SSSR count). The number of benzene rings is 1. The minimum absolute atomic E-state index is 0.0530. The molecule has 128 valence electrons. The van der Waals surface area contributed by atoms with Crippen molar-refractivity contribution in [3.8, 4) is 0 Å². The highest BCUT2D eigenvalue weighted by Gasteiger charge is 2.27. The first-order valence-corrected chi connectivity index (χ1v) is 9.92. The van der Waals surface area contributed by atoms with Crippen LogP contribution in [0.3, 0.4) is 0 Å². The van der Waals surface area contributed by atoms with E-state index in [4.69, 9.17) is 0 Å². The van der Waals surface area contributed by atoms with Gasteiger partial charge in [-0.1, -0.05) is 30.0 Å². The van der Waals surface area contributed by atoms with Gasteiger partial charge in [0.2, 0.25) is 11.1 Å². The number of carbonyl (C=O) groups excluding carboxylic acids is 1. The molecule has 2 aromatic heterocycles. The first-order chi connectivity index (χ1) is 12.2. The second kappa shape index (κ2) is 6.97. The quantitative estimate of drug-likeness (QED) is 0.660. The summed E-state index contributed by atoms with van der Waals surface area (Å²) in [5.74, 6) is 2.19. The molecule has 0 bridgehead atoms. The van der Waals surface area contributed by atoms with Crippen LogP contribution in [0.25, 0.3) is 0 Å². The van der Waals surface area contributed by atoms with E-state index in [2.05, 4.69) is 20.2 Å². The molecule has 1 fully saturated rings. The Balaban J connectivity index is 1.45. The maximum atomic E-state index is 12.1. The summed E-state index contributed by atoms with van der Waals surface area (Å²) in [5, 5.41) is 10.7. The van der Waals surface area contributed by atoms with Gasteiger partial charge in [0.05, 0.1) is 11.4 Å². The lowest BCUT2D eigenvalue weighted by molar-refractivity contribution is -0.115. The van der Waals surface area contributed by atoms with Gasteiger partial charge in [0.1, 0.15) is 5.82 Å². The summed E-state index contributed by atoms with van der Waals surface area (Å²) in [4.78, 5) is 22.8. The third-order valence-electron chi connectivity index (χ3n) is 3.86. The fourth-order valence-electron chi connectivity index (χ4n) is 2.47. The summed E-state index contributed by atoms with van der Waals surface area (Å²) in [5.41, 5.74) is 1.75. The maximum Gasteiger partial charge on any atom is 0.230 e. The highest BCUT2D eigenvalue weighted by atomic mass is 32.2. The van der Waals surface area contributed by atoms with E-state index in [1.165, 1.54) is 24.2 Å². The Labute approximate surface area is 153 Å². The van der Waals surface area contributed by atoms with Gasteiger partial charge in [-0.3, -0.25) is 14.8 Å². The molecular weight excluding hydrogens is 354 g/mol.